The normalized spacial score (nSPS) is 11.9. The molecule has 0 spiro atoms. The molecule has 1 amide bonds. The van der Waals surface area contributed by atoms with Crippen LogP contribution in [0.15, 0.2) is 18.2 Å². The number of amides is 1. The van der Waals surface area contributed by atoms with Crippen LogP contribution in [-0.4, -0.2) is 18.0 Å². The Hall–Kier alpha value is -1.84. The highest BCUT2D eigenvalue weighted by Crippen LogP contribution is 2.11. The van der Waals surface area contributed by atoms with Crippen LogP contribution in [0.2, 0.25) is 0 Å². The molecule has 0 bridgehead atoms. The van der Waals surface area contributed by atoms with Crippen molar-refractivity contribution in [2.45, 2.75) is 26.9 Å². The van der Waals surface area contributed by atoms with Crippen molar-refractivity contribution in [3.63, 3.8) is 0 Å². The summed E-state index contributed by atoms with van der Waals surface area (Å²) >= 11 is 0. The summed E-state index contributed by atoms with van der Waals surface area (Å²) in [6.07, 6.45) is -0.908. The van der Waals surface area contributed by atoms with Gasteiger partial charge in [0.1, 0.15) is 0 Å². The van der Waals surface area contributed by atoms with Crippen molar-refractivity contribution in [2.75, 3.05) is 0 Å². The van der Waals surface area contributed by atoms with Gasteiger partial charge in [0, 0.05) is 0 Å². The quantitative estimate of drug-likeness (QED) is 0.783. The van der Waals surface area contributed by atoms with Crippen molar-refractivity contribution >= 4 is 11.9 Å². The second kappa shape index (κ2) is 4.79. The van der Waals surface area contributed by atoms with E-state index < -0.39 is 18.0 Å². The first kappa shape index (κ1) is 12.2. The summed E-state index contributed by atoms with van der Waals surface area (Å²) < 4.78 is 4.88. The molecule has 1 atom stereocenters. The lowest BCUT2D eigenvalue weighted by molar-refractivity contribution is -0.125. The average molecular weight is 221 g/mol. The van der Waals surface area contributed by atoms with E-state index in [9.17, 15) is 9.59 Å². The van der Waals surface area contributed by atoms with E-state index in [1.54, 1.807) is 12.1 Å². The Morgan fingerprint density at radius 2 is 1.88 bits per heavy atom. The maximum Gasteiger partial charge on any atom is 0.338 e. The third-order valence-corrected chi connectivity index (χ3v) is 2.43. The molecule has 0 radical (unpaired) electrons. The third-order valence-electron chi connectivity index (χ3n) is 2.43. The largest absolute Gasteiger partial charge is 0.449 e. The molecule has 1 aromatic carbocycles. The molecule has 1 aromatic rings. The van der Waals surface area contributed by atoms with Crippen molar-refractivity contribution in [3.8, 4) is 0 Å². The maximum atomic E-state index is 11.6. The first-order valence-electron chi connectivity index (χ1n) is 4.99. The SMILES string of the molecule is Cc1ccc(C(=O)OC(C)C(N)=O)cc1C. The summed E-state index contributed by atoms with van der Waals surface area (Å²) in [6, 6.07) is 5.23. The predicted octanol–water partition coefficient (Wildman–Crippen LogP) is 1.33. The second-order valence-corrected chi connectivity index (χ2v) is 3.75. The monoisotopic (exact) mass is 221 g/mol. The molecule has 16 heavy (non-hydrogen) atoms. The average Bonchev–Trinajstić information content (AvgIpc) is 2.21. The number of hydrogen-bond donors (Lipinski definition) is 1. The number of benzene rings is 1. The fourth-order valence-electron chi connectivity index (χ4n) is 1.16. The zero-order valence-corrected chi connectivity index (χ0v) is 9.61. The lowest BCUT2D eigenvalue weighted by Crippen LogP contribution is -2.30. The molecule has 4 nitrogen and oxygen atoms in total. The zero-order chi connectivity index (χ0) is 12.3. The van der Waals surface area contributed by atoms with Gasteiger partial charge in [-0.25, -0.2) is 4.79 Å². The molecule has 0 aromatic heterocycles. The van der Waals surface area contributed by atoms with E-state index in [-0.39, 0.29) is 0 Å². The standard InChI is InChI=1S/C12H15NO3/c1-7-4-5-10(6-8(7)2)12(15)16-9(3)11(13)14/h4-6,9H,1-3H3,(H2,13,14). The molecular formula is C12H15NO3. The highest BCUT2D eigenvalue weighted by atomic mass is 16.5. The van der Waals surface area contributed by atoms with Crippen LogP contribution < -0.4 is 5.73 Å². The minimum Gasteiger partial charge on any atom is -0.449 e. The smallest absolute Gasteiger partial charge is 0.338 e. The molecule has 0 saturated carbocycles. The van der Waals surface area contributed by atoms with Gasteiger partial charge in [0.15, 0.2) is 6.10 Å². The lowest BCUT2D eigenvalue weighted by Gasteiger charge is -2.10. The Morgan fingerprint density at radius 3 is 2.38 bits per heavy atom. The van der Waals surface area contributed by atoms with Gasteiger partial charge in [0.2, 0.25) is 0 Å². The number of carbonyl (C=O) groups is 2. The van der Waals surface area contributed by atoms with Crippen LogP contribution in [0.5, 0.6) is 0 Å². The molecule has 0 aliphatic rings. The van der Waals surface area contributed by atoms with E-state index in [4.69, 9.17) is 10.5 Å². The lowest BCUT2D eigenvalue weighted by atomic mass is 10.1. The molecule has 0 saturated heterocycles. The number of primary amides is 1. The number of hydrogen-bond acceptors (Lipinski definition) is 3. The topological polar surface area (TPSA) is 69.4 Å². The summed E-state index contributed by atoms with van der Waals surface area (Å²) in [5.41, 5.74) is 7.53. The molecule has 0 aliphatic heterocycles. The fraction of sp³-hybridized carbons (Fsp3) is 0.333. The van der Waals surface area contributed by atoms with Crippen LogP contribution in [0.4, 0.5) is 0 Å². The molecule has 1 unspecified atom stereocenters. The van der Waals surface area contributed by atoms with Crippen molar-refractivity contribution in [1.82, 2.24) is 0 Å². The minimum atomic E-state index is -0.908. The van der Waals surface area contributed by atoms with Crippen LogP contribution in [0.25, 0.3) is 0 Å². The van der Waals surface area contributed by atoms with Gasteiger partial charge in [-0.05, 0) is 44.0 Å². The van der Waals surface area contributed by atoms with Crippen molar-refractivity contribution < 1.29 is 14.3 Å². The van der Waals surface area contributed by atoms with Gasteiger partial charge in [-0.2, -0.15) is 0 Å². The van der Waals surface area contributed by atoms with Gasteiger partial charge in [-0.15, -0.1) is 0 Å². The Kier molecular flexibility index (Phi) is 3.66. The number of esters is 1. The molecule has 2 N–H and O–H groups in total. The van der Waals surface area contributed by atoms with Crippen LogP contribution in [-0.2, 0) is 9.53 Å². The summed E-state index contributed by atoms with van der Waals surface area (Å²) in [4.78, 5) is 22.3. The molecule has 0 fully saturated rings. The first-order chi connectivity index (χ1) is 7.41. The molecule has 1 rings (SSSR count). The van der Waals surface area contributed by atoms with Crippen LogP contribution in [0, 0.1) is 13.8 Å². The number of nitrogens with two attached hydrogens (primary N) is 1. The van der Waals surface area contributed by atoms with Crippen LogP contribution in [0.1, 0.15) is 28.4 Å². The van der Waals surface area contributed by atoms with Crippen molar-refractivity contribution in [2.24, 2.45) is 5.73 Å². The van der Waals surface area contributed by atoms with Gasteiger partial charge < -0.3 is 10.5 Å². The Labute approximate surface area is 94.4 Å². The van der Waals surface area contributed by atoms with E-state index in [0.29, 0.717) is 5.56 Å². The molecule has 86 valence electrons. The highest BCUT2D eigenvalue weighted by molar-refractivity contribution is 5.92. The molecule has 0 aliphatic carbocycles. The fourth-order valence-corrected chi connectivity index (χ4v) is 1.16. The maximum absolute atomic E-state index is 11.6. The number of ether oxygens (including phenoxy) is 1. The summed E-state index contributed by atoms with van der Waals surface area (Å²) in [5.74, 6) is -1.19. The van der Waals surface area contributed by atoms with Gasteiger partial charge >= 0.3 is 5.97 Å². The van der Waals surface area contributed by atoms with Gasteiger partial charge in [0.25, 0.3) is 5.91 Å². The Bertz CT molecular complexity index is 426. The Morgan fingerprint density at radius 1 is 1.25 bits per heavy atom. The molecular weight excluding hydrogens is 206 g/mol. The zero-order valence-electron chi connectivity index (χ0n) is 9.61. The van der Waals surface area contributed by atoms with Crippen LogP contribution >= 0.6 is 0 Å². The van der Waals surface area contributed by atoms with Crippen molar-refractivity contribution in [1.29, 1.82) is 0 Å². The Balaban J connectivity index is 2.81. The summed E-state index contributed by atoms with van der Waals surface area (Å²) in [6.45, 7) is 5.31. The number of carbonyl (C=O) groups excluding carboxylic acids is 2. The minimum absolute atomic E-state index is 0.427. The van der Waals surface area contributed by atoms with Gasteiger partial charge in [-0.1, -0.05) is 6.07 Å². The second-order valence-electron chi connectivity index (χ2n) is 3.75. The van der Waals surface area contributed by atoms with Crippen LogP contribution in [0.3, 0.4) is 0 Å². The van der Waals surface area contributed by atoms with Crippen molar-refractivity contribution in [3.05, 3.63) is 34.9 Å². The summed E-state index contributed by atoms with van der Waals surface area (Å²) in [5, 5.41) is 0. The van der Waals surface area contributed by atoms with E-state index in [1.807, 2.05) is 19.9 Å². The number of rotatable bonds is 3. The molecule has 0 heterocycles. The van der Waals surface area contributed by atoms with E-state index in [1.165, 1.54) is 6.92 Å². The van der Waals surface area contributed by atoms with Gasteiger partial charge in [-0.3, -0.25) is 4.79 Å². The summed E-state index contributed by atoms with van der Waals surface area (Å²) in [7, 11) is 0. The molecule has 4 heteroatoms. The third kappa shape index (κ3) is 2.82. The van der Waals surface area contributed by atoms with E-state index >= 15 is 0 Å². The van der Waals surface area contributed by atoms with E-state index in [0.717, 1.165) is 11.1 Å². The number of aryl methyl sites for hydroxylation is 2. The predicted molar refractivity (Wildman–Crippen MR) is 60.0 cm³/mol. The van der Waals surface area contributed by atoms with Gasteiger partial charge in [0.05, 0.1) is 5.56 Å². The highest BCUT2D eigenvalue weighted by Gasteiger charge is 2.16. The van der Waals surface area contributed by atoms with E-state index in [2.05, 4.69) is 0 Å². The first-order valence-corrected chi connectivity index (χ1v) is 4.99.